The van der Waals surface area contributed by atoms with Gasteiger partial charge in [-0.15, -0.1) is 0 Å². The first-order valence-corrected chi connectivity index (χ1v) is 7.61. The molecule has 0 bridgehead atoms. The van der Waals surface area contributed by atoms with Crippen molar-refractivity contribution in [3.63, 3.8) is 0 Å². The van der Waals surface area contributed by atoms with Crippen LogP contribution < -0.4 is 0 Å². The van der Waals surface area contributed by atoms with Crippen LogP contribution in [-0.4, -0.2) is 30.4 Å². The second-order valence-corrected chi connectivity index (χ2v) is 6.40. The third-order valence-corrected chi connectivity index (χ3v) is 5.54. The predicted octanol–water partition coefficient (Wildman–Crippen LogP) is 3.67. The summed E-state index contributed by atoms with van der Waals surface area (Å²) in [6.07, 6.45) is 10.2. The minimum atomic E-state index is 0.632. The SMILES string of the molecule is CN(CC1CCCC1)CC1(CBr)CCC1. The fraction of sp³-hybridized carbons (Fsp3) is 1.00. The van der Waals surface area contributed by atoms with Crippen LogP contribution in [0.4, 0.5) is 0 Å². The monoisotopic (exact) mass is 273 g/mol. The highest BCUT2D eigenvalue weighted by Crippen LogP contribution is 2.43. The fourth-order valence-electron chi connectivity index (χ4n) is 3.28. The van der Waals surface area contributed by atoms with Crippen molar-refractivity contribution >= 4 is 15.9 Å². The number of halogens is 1. The van der Waals surface area contributed by atoms with Crippen LogP contribution in [0.5, 0.6) is 0 Å². The number of hydrogen-bond donors (Lipinski definition) is 0. The van der Waals surface area contributed by atoms with Gasteiger partial charge >= 0.3 is 0 Å². The highest BCUT2D eigenvalue weighted by Gasteiger charge is 2.36. The van der Waals surface area contributed by atoms with Gasteiger partial charge in [-0.2, -0.15) is 0 Å². The quantitative estimate of drug-likeness (QED) is 0.691. The number of alkyl halides is 1. The van der Waals surface area contributed by atoms with E-state index in [1.54, 1.807) is 0 Å². The summed E-state index contributed by atoms with van der Waals surface area (Å²) in [4.78, 5) is 2.59. The zero-order valence-electron chi connectivity index (χ0n) is 9.97. The van der Waals surface area contributed by atoms with Crippen molar-refractivity contribution in [3.8, 4) is 0 Å². The van der Waals surface area contributed by atoms with E-state index in [2.05, 4.69) is 27.9 Å². The Morgan fingerprint density at radius 3 is 2.33 bits per heavy atom. The lowest BCUT2D eigenvalue weighted by Crippen LogP contribution is -2.43. The molecule has 0 aromatic heterocycles. The summed E-state index contributed by atoms with van der Waals surface area (Å²) in [7, 11) is 2.32. The van der Waals surface area contributed by atoms with Gasteiger partial charge in [-0.3, -0.25) is 0 Å². The average molecular weight is 274 g/mol. The molecule has 0 radical (unpaired) electrons. The molecule has 15 heavy (non-hydrogen) atoms. The molecule has 2 aliphatic carbocycles. The summed E-state index contributed by atoms with van der Waals surface area (Å²) in [5.41, 5.74) is 0.632. The molecule has 0 spiro atoms. The zero-order chi connectivity index (χ0) is 10.7. The van der Waals surface area contributed by atoms with Crippen molar-refractivity contribution in [2.24, 2.45) is 11.3 Å². The van der Waals surface area contributed by atoms with Crippen LogP contribution in [0.25, 0.3) is 0 Å². The van der Waals surface area contributed by atoms with Gasteiger partial charge < -0.3 is 4.90 Å². The van der Waals surface area contributed by atoms with E-state index in [1.165, 1.54) is 63.4 Å². The van der Waals surface area contributed by atoms with E-state index in [-0.39, 0.29) is 0 Å². The van der Waals surface area contributed by atoms with Crippen molar-refractivity contribution < 1.29 is 0 Å². The molecule has 0 aromatic rings. The molecule has 0 amide bonds. The Hall–Kier alpha value is 0.440. The van der Waals surface area contributed by atoms with Gasteiger partial charge in [0.1, 0.15) is 0 Å². The topological polar surface area (TPSA) is 3.24 Å². The van der Waals surface area contributed by atoms with Gasteiger partial charge in [0.15, 0.2) is 0 Å². The van der Waals surface area contributed by atoms with Crippen molar-refractivity contribution in [1.82, 2.24) is 4.90 Å². The van der Waals surface area contributed by atoms with Gasteiger partial charge in [0.2, 0.25) is 0 Å². The smallest absolute Gasteiger partial charge is 0.0100 e. The Bertz CT molecular complexity index is 189. The number of hydrogen-bond acceptors (Lipinski definition) is 1. The molecule has 2 aliphatic rings. The van der Waals surface area contributed by atoms with Crippen LogP contribution in [0.1, 0.15) is 44.9 Å². The second kappa shape index (κ2) is 5.18. The first-order valence-electron chi connectivity index (χ1n) is 6.49. The minimum Gasteiger partial charge on any atom is -0.306 e. The fourth-order valence-corrected chi connectivity index (χ4v) is 4.02. The normalized spacial score (nSPS) is 25.8. The Labute approximate surface area is 103 Å². The molecule has 88 valence electrons. The van der Waals surface area contributed by atoms with Crippen LogP contribution in [0.3, 0.4) is 0 Å². The van der Waals surface area contributed by atoms with E-state index in [9.17, 15) is 0 Å². The summed E-state index contributed by atoms with van der Waals surface area (Å²) in [6, 6.07) is 0. The van der Waals surface area contributed by atoms with E-state index in [0.29, 0.717) is 5.41 Å². The molecule has 0 atom stereocenters. The molecular weight excluding hydrogens is 250 g/mol. The van der Waals surface area contributed by atoms with E-state index >= 15 is 0 Å². The maximum atomic E-state index is 3.70. The van der Waals surface area contributed by atoms with Crippen LogP contribution in [0.2, 0.25) is 0 Å². The molecule has 0 aromatic carbocycles. The van der Waals surface area contributed by atoms with Gasteiger partial charge in [0, 0.05) is 18.4 Å². The Kier molecular flexibility index (Phi) is 4.11. The standard InChI is InChI=1S/C13H24BrN/c1-15(9-12-5-2-3-6-12)11-13(10-14)7-4-8-13/h12H,2-11H2,1H3. The third kappa shape index (κ3) is 2.97. The van der Waals surface area contributed by atoms with Gasteiger partial charge in [-0.1, -0.05) is 35.2 Å². The molecule has 2 fully saturated rings. The van der Waals surface area contributed by atoms with Crippen LogP contribution in [0, 0.1) is 11.3 Å². The van der Waals surface area contributed by atoms with Crippen LogP contribution in [-0.2, 0) is 0 Å². The Balaban J connectivity index is 1.73. The van der Waals surface area contributed by atoms with Gasteiger partial charge in [-0.05, 0) is 44.1 Å². The van der Waals surface area contributed by atoms with Gasteiger partial charge in [0.25, 0.3) is 0 Å². The highest BCUT2D eigenvalue weighted by atomic mass is 79.9. The predicted molar refractivity (Wildman–Crippen MR) is 69.5 cm³/mol. The van der Waals surface area contributed by atoms with Crippen molar-refractivity contribution in [2.45, 2.75) is 44.9 Å². The van der Waals surface area contributed by atoms with Crippen molar-refractivity contribution in [3.05, 3.63) is 0 Å². The van der Waals surface area contributed by atoms with E-state index in [0.717, 1.165) is 5.92 Å². The summed E-state index contributed by atoms with van der Waals surface area (Å²) < 4.78 is 0. The highest BCUT2D eigenvalue weighted by molar-refractivity contribution is 9.09. The van der Waals surface area contributed by atoms with Crippen LogP contribution in [0.15, 0.2) is 0 Å². The molecule has 0 N–H and O–H groups in total. The summed E-state index contributed by atoms with van der Waals surface area (Å²) in [5.74, 6) is 1.00. The third-order valence-electron chi connectivity index (χ3n) is 4.35. The molecule has 0 saturated heterocycles. The second-order valence-electron chi connectivity index (χ2n) is 5.83. The summed E-state index contributed by atoms with van der Waals surface area (Å²) >= 11 is 3.70. The Morgan fingerprint density at radius 2 is 1.87 bits per heavy atom. The van der Waals surface area contributed by atoms with E-state index < -0.39 is 0 Å². The zero-order valence-corrected chi connectivity index (χ0v) is 11.6. The average Bonchev–Trinajstić information content (AvgIpc) is 2.64. The molecule has 1 nitrogen and oxygen atoms in total. The van der Waals surface area contributed by atoms with E-state index in [4.69, 9.17) is 0 Å². The molecule has 0 heterocycles. The van der Waals surface area contributed by atoms with E-state index in [1.807, 2.05) is 0 Å². The number of rotatable bonds is 5. The summed E-state index contributed by atoms with van der Waals surface area (Å²) in [5, 5.41) is 1.20. The molecule has 2 saturated carbocycles. The lowest BCUT2D eigenvalue weighted by molar-refractivity contribution is 0.0974. The largest absolute Gasteiger partial charge is 0.306 e. The molecule has 0 aliphatic heterocycles. The first-order chi connectivity index (χ1) is 7.24. The molecular formula is C13H24BrN. The minimum absolute atomic E-state index is 0.632. The molecule has 2 rings (SSSR count). The van der Waals surface area contributed by atoms with Gasteiger partial charge in [-0.25, -0.2) is 0 Å². The molecule has 0 unspecified atom stereocenters. The summed E-state index contributed by atoms with van der Waals surface area (Å²) in [6.45, 7) is 2.66. The number of nitrogens with zero attached hydrogens (tertiary/aromatic N) is 1. The molecule has 2 heteroatoms. The lowest BCUT2D eigenvalue weighted by Gasteiger charge is -2.43. The first kappa shape index (κ1) is 11.9. The van der Waals surface area contributed by atoms with Crippen molar-refractivity contribution in [2.75, 3.05) is 25.5 Å². The van der Waals surface area contributed by atoms with Crippen molar-refractivity contribution in [1.29, 1.82) is 0 Å². The van der Waals surface area contributed by atoms with Crippen LogP contribution >= 0.6 is 15.9 Å². The lowest BCUT2D eigenvalue weighted by atomic mass is 9.70. The Morgan fingerprint density at radius 1 is 1.20 bits per heavy atom. The van der Waals surface area contributed by atoms with Gasteiger partial charge in [0.05, 0.1) is 0 Å². The maximum Gasteiger partial charge on any atom is 0.0100 e. The maximum absolute atomic E-state index is 3.70.